The maximum absolute atomic E-state index is 13.8. The summed E-state index contributed by atoms with van der Waals surface area (Å²) >= 11 is 0. The highest BCUT2D eigenvalue weighted by Gasteiger charge is 2.29. The van der Waals surface area contributed by atoms with Crippen LogP contribution in [0, 0.1) is 11.6 Å². The molecule has 1 amide bonds. The molecule has 1 N–H and O–H groups in total. The number of nitrogens with one attached hydrogen (secondary N) is 1. The lowest BCUT2D eigenvalue weighted by molar-refractivity contribution is -0.131. The molecule has 0 unspecified atom stereocenters. The van der Waals surface area contributed by atoms with Crippen LogP contribution in [-0.4, -0.2) is 45.2 Å². The molecule has 0 atom stereocenters. The Hall–Kier alpha value is -2.06. The average Bonchev–Trinajstić information content (AvgIpc) is 3.08. The van der Waals surface area contributed by atoms with Crippen molar-refractivity contribution in [3.05, 3.63) is 47.0 Å². The first kappa shape index (κ1) is 19.7. The van der Waals surface area contributed by atoms with Crippen molar-refractivity contribution in [2.24, 2.45) is 0 Å². The van der Waals surface area contributed by atoms with Gasteiger partial charge >= 0.3 is 0 Å². The minimum atomic E-state index is -0.670. The minimum absolute atomic E-state index is 0. The van der Waals surface area contributed by atoms with E-state index in [0.717, 1.165) is 50.2 Å². The van der Waals surface area contributed by atoms with E-state index in [4.69, 9.17) is 0 Å². The molecule has 4 rings (SSSR count). The molecule has 0 saturated carbocycles. The fourth-order valence-electron chi connectivity index (χ4n) is 3.74. The number of amides is 1. The van der Waals surface area contributed by atoms with Crippen LogP contribution in [0.3, 0.4) is 0 Å². The van der Waals surface area contributed by atoms with E-state index in [1.54, 1.807) is 4.90 Å². The number of piperidine rings is 1. The Bertz CT molecular complexity index is 820. The average molecular weight is 398 g/mol. The van der Waals surface area contributed by atoms with Gasteiger partial charge in [0.1, 0.15) is 23.3 Å². The van der Waals surface area contributed by atoms with Crippen molar-refractivity contribution in [1.82, 2.24) is 25.0 Å². The van der Waals surface area contributed by atoms with Crippen LogP contribution in [0.2, 0.25) is 0 Å². The molecule has 9 heteroatoms. The van der Waals surface area contributed by atoms with Gasteiger partial charge in [0.25, 0.3) is 0 Å². The van der Waals surface area contributed by atoms with Gasteiger partial charge in [-0.05, 0) is 24.5 Å². The van der Waals surface area contributed by atoms with Crippen molar-refractivity contribution >= 4 is 18.3 Å². The van der Waals surface area contributed by atoms with Crippen molar-refractivity contribution < 1.29 is 13.6 Å². The molecule has 6 nitrogen and oxygen atoms in total. The Kier molecular flexibility index (Phi) is 6.06. The number of halogens is 3. The zero-order chi connectivity index (χ0) is 18.1. The summed E-state index contributed by atoms with van der Waals surface area (Å²) in [4.78, 5) is 14.2. The summed E-state index contributed by atoms with van der Waals surface area (Å²) in [7, 11) is 0. The molecule has 1 fully saturated rings. The number of hydrogen-bond acceptors (Lipinski definition) is 4. The molecule has 2 aliphatic rings. The zero-order valence-electron chi connectivity index (χ0n) is 14.8. The summed E-state index contributed by atoms with van der Waals surface area (Å²) in [5.41, 5.74) is 0.234. The van der Waals surface area contributed by atoms with Crippen LogP contribution in [0.25, 0.3) is 0 Å². The standard InChI is InChI=1S/C18H21F2N5O.ClH/c19-14-2-1-13(15(20)10-14)9-17(26)24-6-3-12(4-7-24)18-23-22-16-11-21-5-8-25(16)18;/h1-2,10,12,21H,3-9,11H2;1H. The minimum Gasteiger partial charge on any atom is -0.342 e. The van der Waals surface area contributed by atoms with Crippen LogP contribution in [0.5, 0.6) is 0 Å². The summed E-state index contributed by atoms with van der Waals surface area (Å²) in [6, 6.07) is 3.34. The third kappa shape index (κ3) is 4.11. The molecule has 0 aliphatic carbocycles. The smallest absolute Gasteiger partial charge is 0.227 e. The van der Waals surface area contributed by atoms with Crippen molar-refractivity contribution in [3.8, 4) is 0 Å². The number of rotatable bonds is 3. The Labute approximate surface area is 162 Å². The van der Waals surface area contributed by atoms with E-state index in [9.17, 15) is 13.6 Å². The molecule has 1 saturated heterocycles. The molecule has 0 spiro atoms. The quantitative estimate of drug-likeness (QED) is 0.860. The lowest BCUT2D eigenvalue weighted by atomic mass is 9.95. The summed E-state index contributed by atoms with van der Waals surface area (Å²) in [5, 5.41) is 11.9. The second-order valence-electron chi connectivity index (χ2n) is 6.87. The molecular weight excluding hydrogens is 376 g/mol. The van der Waals surface area contributed by atoms with Gasteiger partial charge in [-0.2, -0.15) is 0 Å². The SMILES string of the molecule is Cl.O=C(Cc1ccc(F)cc1F)N1CCC(c2nnc3n2CCNC3)CC1. The molecule has 27 heavy (non-hydrogen) atoms. The van der Waals surface area contributed by atoms with Gasteiger partial charge in [-0.15, -0.1) is 22.6 Å². The Balaban J connectivity index is 0.00000210. The first-order valence-corrected chi connectivity index (χ1v) is 8.96. The molecule has 3 heterocycles. The number of aromatic nitrogens is 3. The highest BCUT2D eigenvalue weighted by atomic mass is 35.5. The topological polar surface area (TPSA) is 63.1 Å². The number of nitrogens with zero attached hydrogens (tertiary/aromatic N) is 4. The van der Waals surface area contributed by atoms with Gasteiger partial charge in [-0.25, -0.2) is 8.78 Å². The van der Waals surface area contributed by atoms with Crippen LogP contribution in [0.15, 0.2) is 18.2 Å². The fourth-order valence-corrected chi connectivity index (χ4v) is 3.74. The van der Waals surface area contributed by atoms with Crippen molar-refractivity contribution in [2.45, 2.75) is 38.3 Å². The van der Waals surface area contributed by atoms with Gasteiger partial charge in [0, 0.05) is 38.2 Å². The maximum atomic E-state index is 13.8. The van der Waals surface area contributed by atoms with Gasteiger partial charge in [0.15, 0.2) is 0 Å². The molecule has 0 radical (unpaired) electrons. The van der Waals surface area contributed by atoms with E-state index < -0.39 is 11.6 Å². The van der Waals surface area contributed by atoms with Crippen molar-refractivity contribution in [3.63, 3.8) is 0 Å². The number of benzene rings is 1. The van der Waals surface area contributed by atoms with Gasteiger partial charge in [-0.3, -0.25) is 4.79 Å². The van der Waals surface area contributed by atoms with Gasteiger partial charge in [0.2, 0.25) is 5.91 Å². The molecule has 2 aromatic rings. The van der Waals surface area contributed by atoms with Crippen LogP contribution >= 0.6 is 12.4 Å². The number of hydrogen-bond donors (Lipinski definition) is 1. The van der Waals surface area contributed by atoms with Crippen LogP contribution in [0.1, 0.15) is 36.0 Å². The molecule has 1 aromatic carbocycles. The van der Waals surface area contributed by atoms with E-state index in [1.165, 1.54) is 12.1 Å². The third-order valence-corrected chi connectivity index (χ3v) is 5.22. The summed E-state index contributed by atoms with van der Waals surface area (Å²) in [6.07, 6.45) is 1.61. The maximum Gasteiger partial charge on any atom is 0.227 e. The fraction of sp³-hybridized carbons (Fsp3) is 0.500. The summed E-state index contributed by atoms with van der Waals surface area (Å²) in [5.74, 6) is 0.848. The van der Waals surface area contributed by atoms with E-state index in [-0.39, 0.29) is 30.3 Å². The van der Waals surface area contributed by atoms with Crippen LogP contribution in [-0.2, 0) is 24.3 Å². The second-order valence-corrected chi connectivity index (χ2v) is 6.87. The Morgan fingerprint density at radius 3 is 2.70 bits per heavy atom. The molecule has 1 aromatic heterocycles. The van der Waals surface area contributed by atoms with Gasteiger partial charge < -0.3 is 14.8 Å². The number of carbonyl (C=O) groups excluding carboxylic acids is 1. The molecule has 2 aliphatic heterocycles. The predicted octanol–water partition coefficient (Wildman–Crippen LogP) is 2.03. The number of fused-ring (bicyclic) bond motifs is 1. The summed E-state index contributed by atoms with van der Waals surface area (Å²) < 4.78 is 28.9. The number of carbonyl (C=O) groups is 1. The third-order valence-electron chi connectivity index (χ3n) is 5.22. The van der Waals surface area contributed by atoms with Crippen molar-refractivity contribution in [2.75, 3.05) is 19.6 Å². The lowest BCUT2D eigenvalue weighted by Crippen LogP contribution is -2.39. The zero-order valence-corrected chi connectivity index (χ0v) is 15.6. The Morgan fingerprint density at radius 1 is 1.19 bits per heavy atom. The second kappa shape index (κ2) is 8.31. The number of likely N-dealkylation sites (tertiary alicyclic amines) is 1. The monoisotopic (exact) mass is 397 g/mol. The highest BCUT2D eigenvalue weighted by Crippen LogP contribution is 2.28. The molecule has 0 bridgehead atoms. The van der Waals surface area contributed by atoms with E-state index >= 15 is 0 Å². The molecule has 146 valence electrons. The van der Waals surface area contributed by atoms with Crippen LogP contribution < -0.4 is 5.32 Å². The van der Waals surface area contributed by atoms with Gasteiger partial charge in [0.05, 0.1) is 13.0 Å². The highest BCUT2D eigenvalue weighted by molar-refractivity contribution is 5.85. The summed E-state index contributed by atoms with van der Waals surface area (Å²) in [6.45, 7) is 3.77. The van der Waals surface area contributed by atoms with Crippen LogP contribution in [0.4, 0.5) is 8.78 Å². The predicted molar refractivity (Wildman–Crippen MR) is 97.6 cm³/mol. The Morgan fingerprint density at radius 2 is 1.96 bits per heavy atom. The van der Waals surface area contributed by atoms with E-state index in [2.05, 4.69) is 20.1 Å². The largest absolute Gasteiger partial charge is 0.342 e. The lowest BCUT2D eigenvalue weighted by Gasteiger charge is -2.32. The van der Waals surface area contributed by atoms with Gasteiger partial charge in [-0.1, -0.05) is 6.07 Å². The molecular formula is C18H22ClF2N5O. The first-order valence-electron chi connectivity index (χ1n) is 8.96. The first-order chi connectivity index (χ1) is 12.6. The van der Waals surface area contributed by atoms with Crippen molar-refractivity contribution in [1.29, 1.82) is 0 Å². The normalized spacial score (nSPS) is 17.3. The van der Waals surface area contributed by atoms with E-state index in [1.807, 2.05) is 0 Å². The van der Waals surface area contributed by atoms with E-state index in [0.29, 0.717) is 19.0 Å².